The minimum atomic E-state index is -0.352. The predicted molar refractivity (Wildman–Crippen MR) is 101 cm³/mol. The summed E-state index contributed by atoms with van der Waals surface area (Å²) in [5.74, 6) is 1.60. The molecule has 1 saturated heterocycles. The Hall–Kier alpha value is -2.73. The number of benzene rings is 1. The average molecular weight is 349 g/mol. The number of nitrogens with zero attached hydrogens (tertiary/aromatic N) is 5. The van der Waals surface area contributed by atoms with Gasteiger partial charge in [0.25, 0.3) is 0 Å². The van der Waals surface area contributed by atoms with Crippen molar-refractivity contribution in [1.82, 2.24) is 20.0 Å². The fourth-order valence-corrected chi connectivity index (χ4v) is 3.49. The summed E-state index contributed by atoms with van der Waals surface area (Å²) in [7, 11) is 0. The number of ether oxygens (including phenoxy) is 1. The van der Waals surface area contributed by atoms with Gasteiger partial charge in [-0.05, 0) is 44.5 Å². The maximum absolute atomic E-state index is 6.11. The second-order valence-corrected chi connectivity index (χ2v) is 6.96. The number of rotatable bonds is 3. The Bertz CT molecular complexity index is 890. The summed E-state index contributed by atoms with van der Waals surface area (Å²) in [6.07, 6.45) is 0. The molecule has 1 aliphatic heterocycles. The Kier molecular flexibility index (Phi) is 4.20. The molecule has 0 saturated carbocycles. The zero-order chi connectivity index (χ0) is 18.1. The van der Waals surface area contributed by atoms with E-state index in [4.69, 9.17) is 4.74 Å². The summed E-state index contributed by atoms with van der Waals surface area (Å²) in [6.45, 7) is 8.33. The van der Waals surface area contributed by atoms with Crippen LogP contribution in [0.1, 0.15) is 23.9 Å². The van der Waals surface area contributed by atoms with Gasteiger partial charge in [-0.15, -0.1) is 10.2 Å². The molecule has 1 aromatic carbocycles. The third kappa shape index (κ3) is 3.08. The van der Waals surface area contributed by atoms with E-state index in [1.165, 1.54) is 5.56 Å². The molecule has 3 heterocycles. The van der Waals surface area contributed by atoms with Crippen molar-refractivity contribution in [1.29, 1.82) is 0 Å². The second-order valence-electron chi connectivity index (χ2n) is 6.96. The third-order valence-corrected chi connectivity index (χ3v) is 4.85. The summed E-state index contributed by atoms with van der Waals surface area (Å²) >= 11 is 0. The van der Waals surface area contributed by atoms with Gasteiger partial charge >= 0.3 is 0 Å². The lowest BCUT2D eigenvalue weighted by atomic mass is 9.94. The Balaban J connectivity index is 1.57. The first-order valence-electron chi connectivity index (χ1n) is 8.87. The molecule has 6 nitrogen and oxygen atoms in total. The minimum Gasteiger partial charge on any atom is -0.367 e. The smallest absolute Gasteiger partial charge is 0.176 e. The molecule has 6 heteroatoms. The largest absolute Gasteiger partial charge is 0.367 e. The van der Waals surface area contributed by atoms with Gasteiger partial charge in [-0.3, -0.25) is 0 Å². The molecular formula is C20H23N5O. The molecule has 0 N–H and O–H groups in total. The molecule has 0 amide bonds. The van der Waals surface area contributed by atoms with Gasteiger partial charge in [-0.25, -0.2) is 4.68 Å². The van der Waals surface area contributed by atoms with E-state index in [-0.39, 0.29) is 5.60 Å². The van der Waals surface area contributed by atoms with E-state index >= 15 is 0 Å². The Morgan fingerprint density at radius 2 is 1.73 bits per heavy atom. The highest BCUT2D eigenvalue weighted by Gasteiger charge is 2.34. The number of hydrogen-bond acceptors (Lipinski definition) is 5. The first kappa shape index (κ1) is 16.7. The summed E-state index contributed by atoms with van der Waals surface area (Å²) in [5, 5.41) is 13.3. The number of anilines is 1. The van der Waals surface area contributed by atoms with Crippen LogP contribution in [-0.2, 0) is 10.3 Å². The van der Waals surface area contributed by atoms with Crippen LogP contribution in [0.2, 0.25) is 0 Å². The quantitative estimate of drug-likeness (QED) is 0.727. The van der Waals surface area contributed by atoms with Crippen molar-refractivity contribution in [3.63, 3.8) is 0 Å². The van der Waals surface area contributed by atoms with E-state index in [9.17, 15) is 0 Å². The lowest BCUT2D eigenvalue weighted by Crippen LogP contribution is -2.48. The SMILES string of the molecule is Cc1cc(C)n(-c2ccc(N3CCOC(C)(c4ccccc4)C3)nn2)n1. The summed E-state index contributed by atoms with van der Waals surface area (Å²) in [6, 6.07) is 16.4. The molecule has 1 atom stereocenters. The van der Waals surface area contributed by atoms with Crippen molar-refractivity contribution in [2.45, 2.75) is 26.4 Å². The van der Waals surface area contributed by atoms with E-state index in [1.807, 2.05) is 54.9 Å². The van der Waals surface area contributed by atoms with E-state index in [0.29, 0.717) is 6.61 Å². The third-order valence-electron chi connectivity index (χ3n) is 4.85. The van der Waals surface area contributed by atoms with Crippen molar-refractivity contribution in [3.05, 3.63) is 65.5 Å². The number of hydrogen-bond donors (Lipinski definition) is 0. The topological polar surface area (TPSA) is 56.1 Å². The Morgan fingerprint density at radius 1 is 1.00 bits per heavy atom. The molecule has 0 bridgehead atoms. The monoisotopic (exact) mass is 349 g/mol. The van der Waals surface area contributed by atoms with Crippen LogP contribution < -0.4 is 4.90 Å². The van der Waals surface area contributed by atoms with E-state index in [2.05, 4.69) is 39.3 Å². The minimum absolute atomic E-state index is 0.352. The van der Waals surface area contributed by atoms with Gasteiger partial charge < -0.3 is 9.64 Å². The van der Waals surface area contributed by atoms with Gasteiger partial charge in [0.2, 0.25) is 0 Å². The van der Waals surface area contributed by atoms with E-state index in [1.54, 1.807) is 0 Å². The molecule has 4 rings (SSSR count). The van der Waals surface area contributed by atoms with Crippen LogP contribution in [0.5, 0.6) is 0 Å². The van der Waals surface area contributed by atoms with Crippen LogP contribution in [-0.4, -0.2) is 39.7 Å². The van der Waals surface area contributed by atoms with Crippen molar-refractivity contribution >= 4 is 5.82 Å². The van der Waals surface area contributed by atoms with Crippen LogP contribution in [0.3, 0.4) is 0 Å². The zero-order valence-corrected chi connectivity index (χ0v) is 15.4. The van der Waals surface area contributed by atoms with Gasteiger partial charge in [-0.1, -0.05) is 30.3 Å². The maximum atomic E-state index is 6.11. The van der Waals surface area contributed by atoms with Crippen molar-refractivity contribution in [2.75, 3.05) is 24.6 Å². The molecular weight excluding hydrogens is 326 g/mol. The molecule has 1 aliphatic rings. The van der Waals surface area contributed by atoms with E-state index in [0.717, 1.165) is 36.1 Å². The molecule has 0 radical (unpaired) electrons. The summed E-state index contributed by atoms with van der Waals surface area (Å²) in [5.41, 5.74) is 2.85. The molecule has 2 aromatic heterocycles. The van der Waals surface area contributed by atoms with Crippen molar-refractivity contribution in [3.8, 4) is 5.82 Å². The molecule has 134 valence electrons. The highest BCUT2D eigenvalue weighted by Crippen LogP contribution is 2.31. The predicted octanol–water partition coefficient (Wildman–Crippen LogP) is 3.03. The van der Waals surface area contributed by atoms with E-state index < -0.39 is 0 Å². The standard InChI is InChI=1S/C20H23N5O/c1-15-13-16(2)25(23-15)19-10-9-18(21-22-19)24-11-12-26-20(3,14-24)17-7-5-4-6-8-17/h4-10,13H,11-12,14H2,1-3H3. The Morgan fingerprint density at radius 3 is 2.38 bits per heavy atom. The molecule has 0 aliphatic carbocycles. The number of aromatic nitrogens is 4. The molecule has 26 heavy (non-hydrogen) atoms. The Labute approximate surface area is 153 Å². The average Bonchev–Trinajstić information content (AvgIpc) is 3.01. The van der Waals surface area contributed by atoms with Gasteiger partial charge in [0.1, 0.15) is 5.60 Å². The highest BCUT2D eigenvalue weighted by atomic mass is 16.5. The van der Waals surface area contributed by atoms with Crippen LogP contribution in [0, 0.1) is 13.8 Å². The van der Waals surface area contributed by atoms with Gasteiger partial charge in [0, 0.05) is 12.2 Å². The number of morpholine rings is 1. The van der Waals surface area contributed by atoms with Crippen LogP contribution >= 0.6 is 0 Å². The fourth-order valence-electron chi connectivity index (χ4n) is 3.49. The molecule has 0 spiro atoms. The zero-order valence-electron chi connectivity index (χ0n) is 15.4. The molecule has 3 aromatic rings. The first-order chi connectivity index (χ1) is 12.5. The second kappa shape index (κ2) is 6.53. The lowest BCUT2D eigenvalue weighted by molar-refractivity contribution is -0.0468. The van der Waals surface area contributed by atoms with Crippen LogP contribution in [0.4, 0.5) is 5.82 Å². The number of aryl methyl sites for hydroxylation is 2. The van der Waals surface area contributed by atoms with Crippen molar-refractivity contribution in [2.24, 2.45) is 0 Å². The first-order valence-corrected chi connectivity index (χ1v) is 8.87. The summed E-state index contributed by atoms with van der Waals surface area (Å²) < 4.78 is 7.93. The lowest BCUT2D eigenvalue weighted by Gasteiger charge is -2.41. The highest BCUT2D eigenvalue weighted by molar-refractivity contribution is 5.42. The van der Waals surface area contributed by atoms with Gasteiger partial charge in [0.05, 0.1) is 18.8 Å². The maximum Gasteiger partial charge on any atom is 0.176 e. The van der Waals surface area contributed by atoms with Gasteiger partial charge in [-0.2, -0.15) is 5.10 Å². The van der Waals surface area contributed by atoms with Crippen LogP contribution in [0.15, 0.2) is 48.5 Å². The summed E-state index contributed by atoms with van der Waals surface area (Å²) in [4.78, 5) is 2.23. The van der Waals surface area contributed by atoms with Gasteiger partial charge in [0.15, 0.2) is 11.6 Å². The van der Waals surface area contributed by atoms with Crippen molar-refractivity contribution < 1.29 is 4.74 Å². The fraction of sp³-hybridized carbons (Fsp3) is 0.350. The molecule has 1 unspecified atom stereocenters. The normalized spacial score (nSPS) is 20.3. The van der Waals surface area contributed by atoms with Crippen LogP contribution in [0.25, 0.3) is 5.82 Å². The molecule has 1 fully saturated rings.